The second-order valence-electron chi connectivity index (χ2n) is 6.68. The Morgan fingerprint density at radius 1 is 1.17 bits per heavy atom. The summed E-state index contributed by atoms with van der Waals surface area (Å²) < 4.78 is 13.7. The van der Waals surface area contributed by atoms with Gasteiger partial charge in [-0.3, -0.25) is 0 Å². The highest BCUT2D eigenvalue weighted by molar-refractivity contribution is 5.50. The van der Waals surface area contributed by atoms with Gasteiger partial charge in [-0.2, -0.15) is 5.26 Å². The van der Waals surface area contributed by atoms with Crippen molar-refractivity contribution in [2.75, 3.05) is 11.4 Å². The molecule has 2 aromatic carbocycles. The summed E-state index contributed by atoms with van der Waals surface area (Å²) in [6, 6.07) is 21.1. The van der Waals surface area contributed by atoms with Crippen LogP contribution in [0.3, 0.4) is 0 Å². The second kappa shape index (κ2) is 7.49. The molecular formula is C21H23FN2. The van der Waals surface area contributed by atoms with Gasteiger partial charge in [0.25, 0.3) is 0 Å². The maximum Gasteiger partial charge on any atom is 0.120 e. The first-order valence-electron chi connectivity index (χ1n) is 8.59. The van der Waals surface area contributed by atoms with E-state index in [0.717, 1.165) is 12.1 Å². The number of halogens is 1. The van der Waals surface area contributed by atoms with Crippen LogP contribution in [0, 0.1) is 11.3 Å². The van der Waals surface area contributed by atoms with E-state index in [0.29, 0.717) is 25.3 Å². The van der Waals surface area contributed by atoms with Crippen LogP contribution in [0.1, 0.15) is 36.8 Å². The molecule has 3 heteroatoms. The summed E-state index contributed by atoms with van der Waals surface area (Å²) in [4.78, 5) is 2.04. The zero-order valence-electron chi connectivity index (χ0n) is 14.0. The normalized spacial score (nSPS) is 21.5. The van der Waals surface area contributed by atoms with Gasteiger partial charge < -0.3 is 4.90 Å². The number of alkyl halides is 1. The molecule has 1 aliphatic heterocycles. The molecule has 3 rings (SSSR count). The number of anilines is 1. The highest BCUT2D eigenvalue weighted by Crippen LogP contribution is 2.30. The third-order valence-corrected chi connectivity index (χ3v) is 4.87. The van der Waals surface area contributed by atoms with Crippen LogP contribution in [-0.4, -0.2) is 18.8 Å². The molecule has 24 heavy (non-hydrogen) atoms. The van der Waals surface area contributed by atoms with Crippen molar-refractivity contribution in [1.29, 1.82) is 5.26 Å². The molecule has 0 aromatic heterocycles. The first kappa shape index (κ1) is 16.5. The SMILES string of the molecule is CC(Cc1ccccc1)c1ccc(N2C[C@@H](F)C[C@H]2CC#N)cc1. The summed E-state index contributed by atoms with van der Waals surface area (Å²) in [5.74, 6) is 0.434. The Morgan fingerprint density at radius 2 is 1.88 bits per heavy atom. The molecule has 2 nitrogen and oxygen atoms in total. The molecule has 0 spiro atoms. The fraction of sp³-hybridized carbons (Fsp3) is 0.381. The first-order valence-corrected chi connectivity index (χ1v) is 8.59. The van der Waals surface area contributed by atoms with Crippen molar-refractivity contribution in [3.05, 3.63) is 65.7 Å². The molecule has 0 radical (unpaired) electrons. The van der Waals surface area contributed by atoms with E-state index in [9.17, 15) is 4.39 Å². The summed E-state index contributed by atoms with van der Waals surface area (Å²) in [6.45, 7) is 2.62. The Kier molecular flexibility index (Phi) is 5.15. The highest BCUT2D eigenvalue weighted by Gasteiger charge is 2.31. The minimum atomic E-state index is -0.833. The Balaban J connectivity index is 1.70. The number of hydrogen-bond donors (Lipinski definition) is 0. The lowest BCUT2D eigenvalue weighted by atomic mass is 9.93. The lowest BCUT2D eigenvalue weighted by Crippen LogP contribution is -2.29. The van der Waals surface area contributed by atoms with Crippen LogP contribution >= 0.6 is 0 Å². The van der Waals surface area contributed by atoms with Crippen LogP contribution in [0.4, 0.5) is 10.1 Å². The third kappa shape index (κ3) is 3.76. The predicted molar refractivity (Wildman–Crippen MR) is 95.9 cm³/mol. The highest BCUT2D eigenvalue weighted by atomic mass is 19.1. The Morgan fingerprint density at radius 3 is 2.54 bits per heavy atom. The lowest BCUT2D eigenvalue weighted by molar-refractivity contribution is 0.356. The zero-order chi connectivity index (χ0) is 16.9. The number of rotatable bonds is 5. The van der Waals surface area contributed by atoms with E-state index < -0.39 is 6.17 Å². The first-order chi connectivity index (χ1) is 11.7. The average Bonchev–Trinajstić information content (AvgIpc) is 2.97. The van der Waals surface area contributed by atoms with Crippen molar-refractivity contribution in [3.8, 4) is 6.07 Å². The van der Waals surface area contributed by atoms with Crippen LogP contribution < -0.4 is 4.90 Å². The van der Waals surface area contributed by atoms with Gasteiger partial charge in [0.05, 0.1) is 12.5 Å². The number of nitriles is 1. The van der Waals surface area contributed by atoms with E-state index in [1.54, 1.807) is 0 Å². The summed E-state index contributed by atoms with van der Waals surface area (Å²) in [6.07, 6.45) is 1.01. The fourth-order valence-corrected chi connectivity index (χ4v) is 3.55. The molecule has 1 heterocycles. The minimum absolute atomic E-state index is 0.00223. The molecule has 1 aliphatic rings. The van der Waals surface area contributed by atoms with Crippen molar-refractivity contribution in [2.45, 2.75) is 44.3 Å². The Labute approximate surface area is 143 Å². The lowest BCUT2D eigenvalue weighted by Gasteiger charge is -2.25. The average molecular weight is 322 g/mol. The van der Waals surface area contributed by atoms with Crippen LogP contribution in [-0.2, 0) is 6.42 Å². The minimum Gasteiger partial charge on any atom is -0.364 e. The predicted octanol–water partition coefficient (Wildman–Crippen LogP) is 4.86. The van der Waals surface area contributed by atoms with E-state index in [-0.39, 0.29) is 6.04 Å². The van der Waals surface area contributed by atoms with Crippen LogP contribution in [0.25, 0.3) is 0 Å². The maximum atomic E-state index is 13.7. The molecular weight excluding hydrogens is 299 g/mol. The Bertz CT molecular complexity index is 690. The monoisotopic (exact) mass is 322 g/mol. The van der Waals surface area contributed by atoms with Crippen LogP contribution in [0.5, 0.6) is 0 Å². The topological polar surface area (TPSA) is 27.0 Å². The molecule has 1 saturated heterocycles. The summed E-state index contributed by atoms with van der Waals surface area (Å²) >= 11 is 0. The van der Waals surface area contributed by atoms with Crippen molar-refractivity contribution in [3.63, 3.8) is 0 Å². The Hall–Kier alpha value is -2.34. The largest absolute Gasteiger partial charge is 0.364 e. The smallest absolute Gasteiger partial charge is 0.120 e. The molecule has 3 atom stereocenters. The van der Waals surface area contributed by atoms with Gasteiger partial charge in [0.1, 0.15) is 6.17 Å². The van der Waals surface area contributed by atoms with Crippen molar-refractivity contribution in [2.24, 2.45) is 0 Å². The molecule has 124 valence electrons. The van der Waals surface area contributed by atoms with E-state index in [4.69, 9.17) is 5.26 Å². The van der Waals surface area contributed by atoms with Gasteiger partial charge >= 0.3 is 0 Å². The van der Waals surface area contributed by atoms with Gasteiger partial charge in [-0.15, -0.1) is 0 Å². The molecule has 0 N–H and O–H groups in total. The standard InChI is InChI=1S/C21H23FN2/c1-16(13-17-5-3-2-4-6-17)18-7-9-20(10-8-18)24-15-19(22)14-21(24)11-12-23/h2-10,16,19,21H,11,13-15H2,1H3/t16?,19-,21+/m0/s1. The second-order valence-corrected chi connectivity index (χ2v) is 6.68. The van der Waals surface area contributed by atoms with Gasteiger partial charge in [0, 0.05) is 24.7 Å². The number of nitrogens with zero attached hydrogens (tertiary/aromatic N) is 2. The molecule has 1 unspecified atom stereocenters. The van der Waals surface area contributed by atoms with Gasteiger partial charge in [-0.1, -0.05) is 49.4 Å². The van der Waals surface area contributed by atoms with E-state index >= 15 is 0 Å². The van der Waals surface area contributed by atoms with Crippen molar-refractivity contribution >= 4 is 5.69 Å². The number of hydrogen-bond acceptors (Lipinski definition) is 2. The van der Waals surface area contributed by atoms with E-state index in [2.05, 4.69) is 61.5 Å². The van der Waals surface area contributed by atoms with Gasteiger partial charge in [0.2, 0.25) is 0 Å². The molecule has 2 aromatic rings. The zero-order valence-corrected chi connectivity index (χ0v) is 14.0. The fourth-order valence-electron chi connectivity index (χ4n) is 3.55. The van der Waals surface area contributed by atoms with Crippen LogP contribution in [0.15, 0.2) is 54.6 Å². The summed E-state index contributed by atoms with van der Waals surface area (Å²) in [5, 5.41) is 8.94. The molecule has 0 bridgehead atoms. The van der Waals surface area contributed by atoms with Gasteiger partial charge in [-0.25, -0.2) is 4.39 Å². The van der Waals surface area contributed by atoms with Crippen LogP contribution in [0.2, 0.25) is 0 Å². The van der Waals surface area contributed by atoms with E-state index in [1.807, 2.05) is 11.0 Å². The summed E-state index contributed by atoms with van der Waals surface area (Å²) in [7, 11) is 0. The molecule has 1 fully saturated rings. The quantitative estimate of drug-likeness (QED) is 0.786. The third-order valence-electron chi connectivity index (χ3n) is 4.87. The molecule has 0 amide bonds. The molecule has 0 saturated carbocycles. The maximum absolute atomic E-state index is 13.7. The van der Waals surface area contributed by atoms with Gasteiger partial charge in [0.15, 0.2) is 0 Å². The van der Waals surface area contributed by atoms with Crippen molar-refractivity contribution in [1.82, 2.24) is 0 Å². The van der Waals surface area contributed by atoms with E-state index in [1.165, 1.54) is 11.1 Å². The number of benzene rings is 2. The summed E-state index contributed by atoms with van der Waals surface area (Å²) in [5.41, 5.74) is 3.64. The van der Waals surface area contributed by atoms with Crippen molar-refractivity contribution < 1.29 is 4.39 Å². The van der Waals surface area contributed by atoms with Gasteiger partial charge in [-0.05, 0) is 35.6 Å². The molecule has 0 aliphatic carbocycles.